The van der Waals surface area contributed by atoms with Gasteiger partial charge in [-0.25, -0.2) is 0 Å². The summed E-state index contributed by atoms with van der Waals surface area (Å²) in [5, 5.41) is 3.88. The van der Waals surface area contributed by atoms with Gasteiger partial charge in [-0.15, -0.1) is 0 Å². The van der Waals surface area contributed by atoms with Gasteiger partial charge in [-0.1, -0.05) is 5.16 Å². The van der Waals surface area contributed by atoms with Crippen LogP contribution in [-0.4, -0.2) is 58.9 Å². The summed E-state index contributed by atoms with van der Waals surface area (Å²) in [5.74, 6) is -0.502. The highest BCUT2D eigenvalue weighted by Gasteiger charge is 2.29. The summed E-state index contributed by atoms with van der Waals surface area (Å²) >= 11 is 0. The first kappa shape index (κ1) is 18.0. The lowest BCUT2D eigenvalue weighted by molar-refractivity contribution is -0.132. The number of hydrogen-bond donors (Lipinski definition) is 1. The van der Waals surface area contributed by atoms with Crippen LogP contribution in [0, 0.1) is 19.8 Å². The fourth-order valence-electron chi connectivity index (χ4n) is 2.96. The SMILES string of the molecule is CC(=O)N1CCN(C(=O)CCc2c(C)noc2C)C[C@H](C(N)=O)C1. The second kappa shape index (κ2) is 7.46. The van der Waals surface area contributed by atoms with Crippen molar-refractivity contribution in [3.05, 3.63) is 17.0 Å². The van der Waals surface area contributed by atoms with Gasteiger partial charge in [0, 0.05) is 45.1 Å². The molecule has 132 valence electrons. The van der Waals surface area contributed by atoms with Gasteiger partial charge >= 0.3 is 0 Å². The van der Waals surface area contributed by atoms with Crippen molar-refractivity contribution in [2.75, 3.05) is 26.2 Å². The molecule has 2 N–H and O–H groups in total. The van der Waals surface area contributed by atoms with E-state index in [1.807, 2.05) is 13.8 Å². The summed E-state index contributed by atoms with van der Waals surface area (Å²) in [6.07, 6.45) is 0.836. The highest BCUT2D eigenvalue weighted by Crippen LogP contribution is 2.16. The molecule has 1 fully saturated rings. The van der Waals surface area contributed by atoms with Crippen LogP contribution in [0.1, 0.15) is 30.4 Å². The van der Waals surface area contributed by atoms with Crippen LogP contribution in [0.2, 0.25) is 0 Å². The van der Waals surface area contributed by atoms with Crippen LogP contribution in [0.3, 0.4) is 0 Å². The minimum atomic E-state index is -0.542. The minimum Gasteiger partial charge on any atom is -0.369 e. The van der Waals surface area contributed by atoms with Crippen molar-refractivity contribution in [1.29, 1.82) is 0 Å². The van der Waals surface area contributed by atoms with Crippen molar-refractivity contribution >= 4 is 17.7 Å². The smallest absolute Gasteiger partial charge is 0.224 e. The van der Waals surface area contributed by atoms with Crippen LogP contribution in [0.4, 0.5) is 0 Å². The van der Waals surface area contributed by atoms with Crippen LogP contribution < -0.4 is 5.73 Å². The molecule has 8 nitrogen and oxygen atoms in total. The van der Waals surface area contributed by atoms with E-state index in [1.54, 1.807) is 9.80 Å². The van der Waals surface area contributed by atoms with E-state index in [0.29, 0.717) is 31.7 Å². The van der Waals surface area contributed by atoms with Gasteiger partial charge in [0.25, 0.3) is 0 Å². The van der Waals surface area contributed by atoms with Gasteiger partial charge in [0.05, 0.1) is 11.6 Å². The van der Waals surface area contributed by atoms with E-state index in [-0.39, 0.29) is 24.9 Å². The van der Waals surface area contributed by atoms with Gasteiger partial charge in [0.15, 0.2) is 0 Å². The average molecular weight is 336 g/mol. The summed E-state index contributed by atoms with van der Waals surface area (Å²) in [6, 6.07) is 0. The summed E-state index contributed by atoms with van der Waals surface area (Å²) in [6.45, 7) is 6.44. The Labute approximate surface area is 140 Å². The predicted octanol–water partition coefficient (Wildman–Crippen LogP) is 0.0162. The molecule has 0 saturated carbocycles. The molecule has 0 bridgehead atoms. The van der Waals surface area contributed by atoms with E-state index in [4.69, 9.17) is 10.3 Å². The Morgan fingerprint density at radius 3 is 2.38 bits per heavy atom. The lowest BCUT2D eigenvalue weighted by atomic mass is 10.1. The molecule has 0 aliphatic carbocycles. The lowest BCUT2D eigenvalue weighted by Gasteiger charge is -2.22. The third kappa shape index (κ3) is 4.12. The molecule has 24 heavy (non-hydrogen) atoms. The van der Waals surface area contributed by atoms with Crippen LogP contribution in [0.15, 0.2) is 4.52 Å². The van der Waals surface area contributed by atoms with Crippen LogP contribution in [-0.2, 0) is 20.8 Å². The molecule has 0 aromatic carbocycles. The number of primary amides is 1. The van der Waals surface area contributed by atoms with Gasteiger partial charge in [-0.3, -0.25) is 14.4 Å². The summed E-state index contributed by atoms with van der Waals surface area (Å²) < 4.78 is 5.10. The van der Waals surface area contributed by atoms with Gasteiger partial charge in [0.2, 0.25) is 17.7 Å². The van der Waals surface area contributed by atoms with E-state index in [2.05, 4.69) is 5.16 Å². The zero-order chi connectivity index (χ0) is 17.9. The standard InChI is InChI=1S/C16H24N4O4/c1-10-14(11(2)24-18-10)4-5-15(22)20-7-6-19(12(3)21)8-13(9-20)16(17)23/h13H,4-9H2,1-3H3,(H2,17,23)/t13-/m1/s1. The predicted molar refractivity (Wildman–Crippen MR) is 85.8 cm³/mol. The van der Waals surface area contributed by atoms with Crippen molar-refractivity contribution in [2.24, 2.45) is 11.7 Å². The number of carbonyl (C=O) groups is 3. The molecule has 0 spiro atoms. The fourth-order valence-corrected chi connectivity index (χ4v) is 2.96. The number of aryl methyl sites for hydroxylation is 2. The molecule has 2 rings (SSSR count). The number of hydrogen-bond acceptors (Lipinski definition) is 5. The normalized spacial score (nSPS) is 18.4. The molecule has 8 heteroatoms. The van der Waals surface area contributed by atoms with E-state index < -0.39 is 11.8 Å². The fraction of sp³-hybridized carbons (Fsp3) is 0.625. The molecule has 2 heterocycles. The van der Waals surface area contributed by atoms with Crippen molar-refractivity contribution in [1.82, 2.24) is 15.0 Å². The summed E-state index contributed by atoms with van der Waals surface area (Å²) in [4.78, 5) is 38.9. The van der Waals surface area contributed by atoms with Gasteiger partial charge in [-0.05, 0) is 20.3 Å². The first-order valence-corrected chi connectivity index (χ1v) is 8.04. The highest BCUT2D eigenvalue weighted by molar-refractivity contribution is 5.81. The highest BCUT2D eigenvalue weighted by atomic mass is 16.5. The molecule has 3 amide bonds. The first-order valence-electron chi connectivity index (χ1n) is 8.04. The molecule has 1 atom stereocenters. The quantitative estimate of drug-likeness (QED) is 0.833. The molecule has 0 radical (unpaired) electrons. The van der Waals surface area contributed by atoms with Crippen molar-refractivity contribution in [3.8, 4) is 0 Å². The van der Waals surface area contributed by atoms with Crippen LogP contribution in [0.25, 0.3) is 0 Å². The maximum atomic E-state index is 12.5. The van der Waals surface area contributed by atoms with Gasteiger partial charge < -0.3 is 20.1 Å². The zero-order valence-electron chi connectivity index (χ0n) is 14.4. The third-order valence-electron chi connectivity index (χ3n) is 4.49. The Morgan fingerprint density at radius 2 is 1.83 bits per heavy atom. The topological polar surface area (TPSA) is 110 Å². The molecule has 1 aliphatic rings. The Morgan fingerprint density at radius 1 is 1.21 bits per heavy atom. The number of carbonyl (C=O) groups excluding carboxylic acids is 3. The maximum absolute atomic E-state index is 12.5. The third-order valence-corrected chi connectivity index (χ3v) is 4.49. The summed E-state index contributed by atoms with van der Waals surface area (Å²) in [7, 11) is 0. The second-order valence-corrected chi connectivity index (χ2v) is 6.21. The van der Waals surface area contributed by atoms with Crippen molar-refractivity contribution < 1.29 is 18.9 Å². The second-order valence-electron chi connectivity index (χ2n) is 6.21. The number of aromatic nitrogens is 1. The minimum absolute atomic E-state index is 0.0633. The lowest BCUT2D eigenvalue weighted by Crippen LogP contribution is -2.41. The van der Waals surface area contributed by atoms with Crippen LogP contribution >= 0.6 is 0 Å². The molecule has 1 aliphatic heterocycles. The van der Waals surface area contributed by atoms with E-state index in [9.17, 15) is 14.4 Å². The molecule has 1 saturated heterocycles. The number of nitrogens with zero attached hydrogens (tertiary/aromatic N) is 3. The maximum Gasteiger partial charge on any atom is 0.224 e. The van der Waals surface area contributed by atoms with Gasteiger partial charge in [-0.2, -0.15) is 0 Å². The molecule has 1 aromatic heterocycles. The number of amides is 3. The molecule has 1 aromatic rings. The first-order chi connectivity index (χ1) is 11.3. The van der Waals surface area contributed by atoms with E-state index in [1.165, 1.54) is 6.92 Å². The Bertz CT molecular complexity index is 621. The molecular formula is C16H24N4O4. The van der Waals surface area contributed by atoms with Crippen molar-refractivity contribution in [2.45, 2.75) is 33.6 Å². The average Bonchev–Trinajstić information content (AvgIpc) is 2.74. The summed E-state index contributed by atoms with van der Waals surface area (Å²) in [5.41, 5.74) is 7.14. The Kier molecular flexibility index (Phi) is 5.58. The monoisotopic (exact) mass is 336 g/mol. The largest absolute Gasteiger partial charge is 0.369 e. The van der Waals surface area contributed by atoms with E-state index in [0.717, 1.165) is 11.3 Å². The molecule has 0 unspecified atom stereocenters. The van der Waals surface area contributed by atoms with Gasteiger partial charge in [0.1, 0.15) is 5.76 Å². The van der Waals surface area contributed by atoms with Crippen LogP contribution in [0.5, 0.6) is 0 Å². The van der Waals surface area contributed by atoms with E-state index >= 15 is 0 Å². The van der Waals surface area contributed by atoms with Crippen molar-refractivity contribution in [3.63, 3.8) is 0 Å². The zero-order valence-corrected chi connectivity index (χ0v) is 14.4. The Balaban J connectivity index is 2.02. The number of nitrogens with two attached hydrogens (primary N) is 1. The Hall–Kier alpha value is -2.38. The molecular weight excluding hydrogens is 312 g/mol. The number of rotatable bonds is 4.